The fourth-order valence-corrected chi connectivity index (χ4v) is 5.30. The molecule has 0 saturated carbocycles. The number of carbonyl (C=O) groups excluding carboxylic acids is 1. The fraction of sp³-hybridized carbons (Fsp3) is 0.903. The summed E-state index contributed by atoms with van der Waals surface area (Å²) in [5, 5.41) is 0. The lowest BCUT2D eigenvalue weighted by molar-refractivity contribution is -0.404. The maximum atomic E-state index is 13.8. The Kier molecular flexibility index (Phi) is 24.6. The highest BCUT2D eigenvalue weighted by Gasteiger charge is 2.62. The van der Waals surface area contributed by atoms with E-state index in [9.17, 15) is 9.36 Å². The van der Waals surface area contributed by atoms with Crippen LogP contribution in [0, 0.1) is 0 Å². The molecule has 8 heteroatoms. The Morgan fingerprint density at radius 2 is 0.897 bits per heavy atom. The largest absolute Gasteiger partial charge is 0.485 e. The van der Waals surface area contributed by atoms with Gasteiger partial charge in [0.2, 0.25) is 0 Å². The molecule has 0 aliphatic rings. The van der Waals surface area contributed by atoms with Crippen molar-refractivity contribution in [2.45, 2.75) is 149 Å². The fourth-order valence-electron chi connectivity index (χ4n) is 4.04. The quantitative estimate of drug-likeness (QED) is 0.0365. The Morgan fingerprint density at radius 1 is 0.590 bits per heavy atom. The summed E-state index contributed by atoms with van der Waals surface area (Å²) in [7, 11) is -2.65. The zero-order valence-corrected chi connectivity index (χ0v) is 26.8. The van der Waals surface area contributed by atoms with Gasteiger partial charge in [-0.1, -0.05) is 110 Å². The topological polar surface area (TPSA) is 80.3 Å². The summed E-state index contributed by atoms with van der Waals surface area (Å²) in [6, 6.07) is 0. The lowest BCUT2D eigenvalue weighted by atomic mass is 10.2. The van der Waals surface area contributed by atoms with E-state index in [1.54, 1.807) is 0 Å². The van der Waals surface area contributed by atoms with Gasteiger partial charge in [0.05, 0.1) is 33.0 Å². The summed E-state index contributed by atoms with van der Waals surface area (Å²) >= 11 is 0. The predicted octanol–water partition coefficient (Wildman–Crippen LogP) is 9.26. The highest BCUT2D eigenvalue weighted by atomic mass is 31.1. The highest BCUT2D eigenvalue weighted by Crippen LogP contribution is 2.49. The molecule has 0 heterocycles. The summed E-state index contributed by atoms with van der Waals surface area (Å²) in [5.74, 6) is -1.53. The molecule has 0 fully saturated rings. The van der Waals surface area contributed by atoms with Gasteiger partial charge in [-0.15, -0.1) is 0 Å². The molecule has 0 aromatic carbocycles. The van der Waals surface area contributed by atoms with Crippen LogP contribution in [0.1, 0.15) is 137 Å². The molecule has 1 unspecified atom stereocenters. The Morgan fingerprint density at radius 3 is 1.18 bits per heavy atom. The lowest BCUT2D eigenvalue weighted by Gasteiger charge is -2.37. The average molecular weight is 576 g/mol. The number of unbranched alkanes of at least 4 members (excludes halogenated alkanes) is 10. The Balaban J connectivity index is 6.43. The third-order valence-corrected chi connectivity index (χ3v) is 8.10. The second-order valence-electron chi connectivity index (χ2n) is 10.2. The lowest BCUT2D eigenvalue weighted by Crippen LogP contribution is -2.49. The minimum atomic E-state index is -2.65. The molecule has 0 aliphatic heterocycles. The van der Waals surface area contributed by atoms with Gasteiger partial charge in [0.25, 0.3) is 5.97 Å². The van der Waals surface area contributed by atoms with Crippen LogP contribution in [0.2, 0.25) is 0 Å². The maximum Gasteiger partial charge on any atom is 0.485 e. The first kappa shape index (κ1) is 38.3. The van der Waals surface area contributed by atoms with Crippen LogP contribution >= 0.6 is 7.80 Å². The molecule has 0 amide bonds. The zero-order chi connectivity index (χ0) is 29.2. The monoisotopic (exact) mass is 575 g/mol. The summed E-state index contributed by atoms with van der Waals surface area (Å²) in [6.45, 7) is 16.1. The molecule has 0 spiro atoms. The van der Waals surface area contributed by atoms with Crippen LogP contribution in [0.25, 0.3) is 0 Å². The van der Waals surface area contributed by atoms with Gasteiger partial charge in [-0.05, 0) is 32.1 Å². The van der Waals surface area contributed by atoms with Crippen molar-refractivity contribution in [3.05, 3.63) is 12.7 Å². The van der Waals surface area contributed by atoms with Crippen LogP contribution in [0.15, 0.2) is 12.7 Å². The van der Waals surface area contributed by atoms with Crippen LogP contribution in [0.4, 0.5) is 0 Å². The standard InChI is InChI=1S/C31H60O7P/c1-7-13-18-23-34-30(35-24-19-14-8-2,36-25-20-15-9-3)28-31(37-26-21-16-10-4,38-27-22-17-11-5)39(33)29(32)12-6/h12H,6-11,13-28H2,1-5H3/q+1. The number of rotatable bonds is 30. The number of hydrogen-bond acceptors (Lipinski definition) is 7. The van der Waals surface area contributed by atoms with Gasteiger partial charge in [0.1, 0.15) is 6.42 Å². The molecule has 0 N–H and O–H groups in total. The molecule has 230 valence electrons. The number of ether oxygens (including phenoxy) is 5. The molecule has 0 bridgehead atoms. The minimum absolute atomic E-state index is 0.114. The summed E-state index contributed by atoms with van der Waals surface area (Å²) < 4.78 is 45.7. The smallest absolute Gasteiger partial charge is 0.327 e. The molecule has 39 heavy (non-hydrogen) atoms. The van der Waals surface area contributed by atoms with Crippen molar-refractivity contribution in [3.8, 4) is 0 Å². The van der Waals surface area contributed by atoms with Crippen molar-refractivity contribution in [1.29, 1.82) is 0 Å². The van der Waals surface area contributed by atoms with Crippen molar-refractivity contribution < 1.29 is 33.0 Å². The first-order valence-corrected chi connectivity index (χ1v) is 17.0. The van der Waals surface area contributed by atoms with Gasteiger partial charge in [-0.25, -0.2) is 4.79 Å². The van der Waals surface area contributed by atoms with Crippen LogP contribution in [-0.4, -0.2) is 50.1 Å². The maximum absolute atomic E-state index is 13.8. The predicted molar refractivity (Wildman–Crippen MR) is 160 cm³/mol. The minimum Gasteiger partial charge on any atom is -0.327 e. The third-order valence-electron chi connectivity index (χ3n) is 6.48. The SMILES string of the molecule is C=CC(=O)[P+](=O)C(CC(OCCCCC)(OCCCCC)OCCCCC)(OCCCCC)OCCCCC. The molecule has 7 nitrogen and oxygen atoms in total. The summed E-state index contributed by atoms with van der Waals surface area (Å²) in [5.41, 5.74) is -2.34. The Bertz CT molecular complexity index is 583. The Hall–Kier alpha value is -0.690. The normalized spacial score (nSPS) is 12.6. The van der Waals surface area contributed by atoms with E-state index in [2.05, 4.69) is 41.2 Å². The van der Waals surface area contributed by atoms with E-state index in [0.717, 1.165) is 102 Å². The van der Waals surface area contributed by atoms with Gasteiger partial charge in [-0.2, -0.15) is 0 Å². The van der Waals surface area contributed by atoms with Gasteiger partial charge in [-0.3, -0.25) is 0 Å². The van der Waals surface area contributed by atoms with Crippen LogP contribution < -0.4 is 0 Å². The van der Waals surface area contributed by atoms with Crippen molar-refractivity contribution in [1.82, 2.24) is 0 Å². The summed E-state index contributed by atoms with van der Waals surface area (Å²) in [6.07, 6.45) is 15.2. The first-order chi connectivity index (χ1) is 18.9. The van der Waals surface area contributed by atoms with Crippen LogP contribution in [-0.2, 0) is 33.0 Å². The van der Waals surface area contributed by atoms with Gasteiger partial charge >= 0.3 is 18.9 Å². The van der Waals surface area contributed by atoms with Crippen LogP contribution in [0.5, 0.6) is 0 Å². The van der Waals surface area contributed by atoms with E-state index in [4.69, 9.17) is 23.7 Å². The van der Waals surface area contributed by atoms with E-state index < -0.39 is 24.8 Å². The van der Waals surface area contributed by atoms with E-state index in [1.807, 2.05) is 0 Å². The van der Waals surface area contributed by atoms with Gasteiger partial charge in [0.15, 0.2) is 0 Å². The first-order valence-electron chi connectivity index (χ1n) is 15.7. The van der Waals surface area contributed by atoms with Crippen LogP contribution in [0.3, 0.4) is 0 Å². The molecule has 0 radical (unpaired) electrons. The summed E-state index contributed by atoms with van der Waals surface area (Å²) in [4.78, 5) is 12.8. The van der Waals surface area contributed by atoms with E-state index in [-0.39, 0.29) is 6.42 Å². The molecule has 0 rings (SSSR count). The molecular formula is C31H60O7P+. The second-order valence-corrected chi connectivity index (χ2v) is 11.9. The highest BCUT2D eigenvalue weighted by molar-refractivity contribution is 7.65. The average Bonchev–Trinajstić information content (AvgIpc) is 2.95. The molecule has 0 aromatic heterocycles. The van der Waals surface area contributed by atoms with Gasteiger partial charge < -0.3 is 23.7 Å². The molecule has 0 aliphatic carbocycles. The number of allylic oxidation sites excluding steroid dienone is 1. The molecule has 1 atom stereocenters. The van der Waals surface area contributed by atoms with Crippen molar-refractivity contribution in [3.63, 3.8) is 0 Å². The molecule has 0 aromatic rings. The van der Waals surface area contributed by atoms with E-state index >= 15 is 0 Å². The van der Waals surface area contributed by atoms with E-state index in [1.165, 1.54) is 0 Å². The molecule has 0 saturated heterocycles. The number of carbonyl (C=O) groups is 1. The Labute approximate surface area is 240 Å². The van der Waals surface area contributed by atoms with E-state index in [0.29, 0.717) is 33.0 Å². The van der Waals surface area contributed by atoms with Crippen molar-refractivity contribution in [2.24, 2.45) is 0 Å². The van der Waals surface area contributed by atoms with Crippen molar-refractivity contribution >= 4 is 13.3 Å². The third kappa shape index (κ3) is 17.0. The second kappa shape index (κ2) is 25.1. The number of hydrogen-bond donors (Lipinski definition) is 0. The zero-order valence-electron chi connectivity index (χ0n) is 25.9. The van der Waals surface area contributed by atoms with Gasteiger partial charge in [0, 0.05) is 6.08 Å². The molecular weight excluding hydrogens is 515 g/mol. The van der Waals surface area contributed by atoms with Crippen molar-refractivity contribution in [2.75, 3.05) is 33.0 Å².